The van der Waals surface area contributed by atoms with Gasteiger partial charge in [0.1, 0.15) is 0 Å². The zero-order chi connectivity index (χ0) is 12.4. The van der Waals surface area contributed by atoms with Crippen LogP contribution in [0.4, 0.5) is 0 Å². The monoisotopic (exact) mass is 226 g/mol. The summed E-state index contributed by atoms with van der Waals surface area (Å²) in [5, 5.41) is 3.11. The Hall–Kier alpha value is -0.570. The molecule has 3 heteroatoms. The summed E-state index contributed by atoms with van der Waals surface area (Å²) in [5.41, 5.74) is 5.81. The van der Waals surface area contributed by atoms with Crippen molar-refractivity contribution < 1.29 is 4.79 Å². The number of amides is 1. The van der Waals surface area contributed by atoms with E-state index >= 15 is 0 Å². The van der Waals surface area contributed by atoms with Gasteiger partial charge in [0.25, 0.3) is 0 Å². The van der Waals surface area contributed by atoms with Crippen LogP contribution in [0.1, 0.15) is 53.4 Å². The van der Waals surface area contributed by atoms with E-state index in [1.165, 1.54) is 12.8 Å². The van der Waals surface area contributed by atoms with Gasteiger partial charge in [0.15, 0.2) is 0 Å². The number of carbonyl (C=O) groups is 1. The van der Waals surface area contributed by atoms with Crippen LogP contribution in [0.5, 0.6) is 0 Å². The van der Waals surface area contributed by atoms with Gasteiger partial charge >= 0.3 is 0 Å². The van der Waals surface area contributed by atoms with E-state index in [9.17, 15) is 4.79 Å². The number of rotatable bonds is 5. The van der Waals surface area contributed by atoms with E-state index in [0.717, 1.165) is 6.42 Å². The highest BCUT2D eigenvalue weighted by Crippen LogP contribution is 2.39. The number of hydrogen-bond acceptors (Lipinski definition) is 2. The van der Waals surface area contributed by atoms with Crippen LogP contribution in [0.2, 0.25) is 0 Å². The van der Waals surface area contributed by atoms with Crippen molar-refractivity contribution in [1.82, 2.24) is 5.32 Å². The summed E-state index contributed by atoms with van der Waals surface area (Å²) in [7, 11) is 0. The van der Waals surface area contributed by atoms with Gasteiger partial charge in [-0.25, -0.2) is 0 Å². The van der Waals surface area contributed by atoms with E-state index in [1.807, 2.05) is 0 Å². The molecule has 1 amide bonds. The molecule has 3 N–H and O–H groups in total. The number of carbonyl (C=O) groups excluding carboxylic acids is 1. The van der Waals surface area contributed by atoms with Gasteiger partial charge in [-0.1, -0.05) is 20.8 Å². The molecule has 0 aromatic carbocycles. The minimum absolute atomic E-state index is 0.148. The highest BCUT2D eigenvalue weighted by Gasteiger charge is 2.41. The van der Waals surface area contributed by atoms with Gasteiger partial charge < -0.3 is 11.1 Å². The van der Waals surface area contributed by atoms with Gasteiger partial charge in [0.2, 0.25) is 5.91 Å². The van der Waals surface area contributed by atoms with Crippen LogP contribution in [0.3, 0.4) is 0 Å². The van der Waals surface area contributed by atoms with Gasteiger partial charge in [-0.15, -0.1) is 0 Å². The molecule has 1 aliphatic rings. The standard InChI is InChI=1S/C13H26N2O/c1-12(2,3)8-7-11(16)15-13(4,9-14)10-5-6-10/h10H,5-9,14H2,1-4H3,(H,15,16). The maximum Gasteiger partial charge on any atom is 0.220 e. The molecule has 0 bridgehead atoms. The fourth-order valence-corrected chi connectivity index (χ4v) is 1.91. The number of hydrogen-bond donors (Lipinski definition) is 2. The average molecular weight is 226 g/mol. The van der Waals surface area contributed by atoms with Crippen LogP contribution in [0.15, 0.2) is 0 Å². The van der Waals surface area contributed by atoms with Gasteiger partial charge in [-0.05, 0) is 37.5 Å². The normalized spacial score (nSPS) is 20.3. The van der Waals surface area contributed by atoms with Crippen LogP contribution in [-0.4, -0.2) is 18.0 Å². The molecule has 1 fully saturated rings. The maximum atomic E-state index is 11.8. The fraction of sp³-hybridized carbons (Fsp3) is 0.923. The Labute approximate surface area is 99.2 Å². The highest BCUT2D eigenvalue weighted by molar-refractivity contribution is 5.76. The molecule has 16 heavy (non-hydrogen) atoms. The van der Waals surface area contributed by atoms with Crippen molar-refractivity contribution in [3.8, 4) is 0 Å². The first kappa shape index (κ1) is 13.5. The Morgan fingerprint density at radius 3 is 2.25 bits per heavy atom. The second-order valence-corrected chi connectivity index (χ2v) is 6.50. The van der Waals surface area contributed by atoms with Crippen LogP contribution < -0.4 is 11.1 Å². The Balaban J connectivity index is 2.38. The Bertz CT molecular complexity index is 253. The van der Waals surface area contributed by atoms with E-state index in [2.05, 4.69) is 33.0 Å². The quantitative estimate of drug-likeness (QED) is 0.754. The van der Waals surface area contributed by atoms with Crippen molar-refractivity contribution >= 4 is 5.91 Å². The molecule has 1 saturated carbocycles. The molecule has 94 valence electrons. The predicted octanol–water partition coefficient (Wildman–Crippen LogP) is 2.06. The lowest BCUT2D eigenvalue weighted by molar-refractivity contribution is -0.123. The second kappa shape index (κ2) is 4.74. The predicted molar refractivity (Wildman–Crippen MR) is 67.0 cm³/mol. The molecule has 0 radical (unpaired) electrons. The van der Waals surface area contributed by atoms with Crippen LogP contribution in [0, 0.1) is 11.3 Å². The average Bonchev–Trinajstić information content (AvgIpc) is 2.96. The van der Waals surface area contributed by atoms with Crippen molar-refractivity contribution in [3.63, 3.8) is 0 Å². The summed E-state index contributed by atoms with van der Waals surface area (Å²) < 4.78 is 0. The molecular formula is C13H26N2O. The van der Waals surface area contributed by atoms with E-state index in [-0.39, 0.29) is 16.9 Å². The molecule has 3 nitrogen and oxygen atoms in total. The largest absolute Gasteiger partial charge is 0.349 e. The lowest BCUT2D eigenvalue weighted by Gasteiger charge is -2.30. The molecule has 0 spiro atoms. The van der Waals surface area contributed by atoms with E-state index in [4.69, 9.17) is 5.73 Å². The smallest absolute Gasteiger partial charge is 0.220 e. The third kappa shape index (κ3) is 4.12. The van der Waals surface area contributed by atoms with E-state index < -0.39 is 0 Å². The molecule has 1 unspecified atom stereocenters. The van der Waals surface area contributed by atoms with Gasteiger partial charge in [0, 0.05) is 13.0 Å². The first-order valence-corrected chi connectivity index (χ1v) is 6.28. The van der Waals surface area contributed by atoms with Gasteiger partial charge in [0.05, 0.1) is 5.54 Å². The molecular weight excluding hydrogens is 200 g/mol. The SMILES string of the molecule is CC(C)(C)CCC(=O)NC(C)(CN)C1CC1. The van der Waals surface area contributed by atoms with E-state index in [1.54, 1.807) is 0 Å². The van der Waals surface area contributed by atoms with Crippen molar-refractivity contribution in [2.75, 3.05) is 6.54 Å². The lowest BCUT2D eigenvalue weighted by Crippen LogP contribution is -2.53. The van der Waals surface area contributed by atoms with Crippen molar-refractivity contribution in [2.24, 2.45) is 17.1 Å². The highest BCUT2D eigenvalue weighted by atomic mass is 16.1. The van der Waals surface area contributed by atoms with Crippen molar-refractivity contribution in [1.29, 1.82) is 0 Å². The molecule has 1 rings (SSSR count). The second-order valence-electron chi connectivity index (χ2n) is 6.50. The van der Waals surface area contributed by atoms with Gasteiger partial charge in [-0.3, -0.25) is 4.79 Å². The minimum Gasteiger partial charge on any atom is -0.349 e. The maximum absolute atomic E-state index is 11.8. The zero-order valence-electron chi connectivity index (χ0n) is 11.1. The molecule has 0 saturated heterocycles. The summed E-state index contributed by atoms with van der Waals surface area (Å²) in [6.45, 7) is 9.08. The fourth-order valence-electron chi connectivity index (χ4n) is 1.91. The van der Waals surface area contributed by atoms with Crippen LogP contribution in [-0.2, 0) is 4.79 Å². The number of nitrogens with two attached hydrogens (primary N) is 1. The van der Waals surface area contributed by atoms with Crippen LogP contribution >= 0.6 is 0 Å². The molecule has 0 aromatic heterocycles. The summed E-state index contributed by atoms with van der Waals surface area (Å²) in [6.07, 6.45) is 3.93. The van der Waals surface area contributed by atoms with Crippen molar-refractivity contribution in [2.45, 2.75) is 58.9 Å². The Kier molecular flexibility index (Phi) is 4.00. The van der Waals surface area contributed by atoms with Gasteiger partial charge in [-0.2, -0.15) is 0 Å². The third-order valence-electron chi connectivity index (χ3n) is 3.43. The van der Waals surface area contributed by atoms with Crippen molar-refractivity contribution in [3.05, 3.63) is 0 Å². The Morgan fingerprint density at radius 1 is 1.31 bits per heavy atom. The number of nitrogens with one attached hydrogen (secondary N) is 1. The lowest BCUT2D eigenvalue weighted by atomic mass is 9.89. The summed E-state index contributed by atoms with van der Waals surface area (Å²) in [4.78, 5) is 11.8. The summed E-state index contributed by atoms with van der Waals surface area (Å²) in [5.74, 6) is 0.742. The molecule has 0 aliphatic heterocycles. The van der Waals surface area contributed by atoms with Crippen LogP contribution in [0.25, 0.3) is 0 Å². The third-order valence-corrected chi connectivity index (χ3v) is 3.43. The topological polar surface area (TPSA) is 55.1 Å². The summed E-state index contributed by atoms with van der Waals surface area (Å²) in [6, 6.07) is 0. The molecule has 1 atom stereocenters. The minimum atomic E-state index is -0.172. The molecule has 1 aliphatic carbocycles. The first-order valence-electron chi connectivity index (χ1n) is 6.28. The first-order chi connectivity index (χ1) is 7.27. The van der Waals surface area contributed by atoms with E-state index in [0.29, 0.717) is 18.9 Å². The molecule has 0 aromatic rings. The zero-order valence-corrected chi connectivity index (χ0v) is 11.1. The Morgan fingerprint density at radius 2 is 1.88 bits per heavy atom. The summed E-state index contributed by atoms with van der Waals surface area (Å²) >= 11 is 0. The molecule has 0 heterocycles.